The van der Waals surface area contributed by atoms with Gasteiger partial charge in [0.2, 0.25) is 0 Å². The first kappa shape index (κ1) is 13.2. The lowest BCUT2D eigenvalue weighted by atomic mass is 10.0. The SMILES string of the molecule is CC(C)C[C@H]1COCCN1c1ccc2nccnc2n1. The lowest BCUT2D eigenvalue weighted by Gasteiger charge is -2.37. The molecule has 1 saturated heterocycles. The molecule has 0 aromatic carbocycles. The molecule has 0 bridgehead atoms. The van der Waals surface area contributed by atoms with Gasteiger partial charge in [-0.2, -0.15) is 0 Å². The Kier molecular flexibility index (Phi) is 3.78. The number of morpholine rings is 1. The van der Waals surface area contributed by atoms with Crippen molar-refractivity contribution < 1.29 is 4.74 Å². The van der Waals surface area contributed by atoms with Crippen LogP contribution in [0.3, 0.4) is 0 Å². The molecule has 20 heavy (non-hydrogen) atoms. The summed E-state index contributed by atoms with van der Waals surface area (Å²) in [6.45, 7) is 6.90. The molecule has 1 aliphatic rings. The van der Waals surface area contributed by atoms with Crippen LogP contribution in [-0.2, 0) is 4.74 Å². The van der Waals surface area contributed by atoms with E-state index in [1.165, 1.54) is 0 Å². The Morgan fingerprint density at radius 2 is 2.15 bits per heavy atom. The Morgan fingerprint density at radius 1 is 1.30 bits per heavy atom. The molecule has 0 saturated carbocycles. The molecule has 106 valence electrons. The Morgan fingerprint density at radius 3 is 3.00 bits per heavy atom. The van der Waals surface area contributed by atoms with Crippen molar-refractivity contribution in [3.8, 4) is 0 Å². The van der Waals surface area contributed by atoms with Gasteiger partial charge in [0.25, 0.3) is 0 Å². The number of aromatic nitrogens is 3. The van der Waals surface area contributed by atoms with E-state index in [0.717, 1.165) is 37.5 Å². The summed E-state index contributed by atoms with van der Waals surface area (Å²) in [6, 6.07) is 4.42. The molecule has 0 N–H and O–H groups in total. The Hall–Kier alpha value is -1.75. The van der Waals surface area contributed by atoms with Crippen molar-refractivity contribution in [2.75, 3.05) is 24.7 Å². The van der Waals surface area contributed by atoms with E-state index >= 15 is 0 Å². The molecule has 2 aromatic rings. The van der Waals surface area contributed by atoms with Crippen molar-refractivity contribution in [2.24, 2.45) is 5.92 Å². The number of ether oxygens (including phenoxy) is 1. The van der Waals surface area contributed by atoms with Crippen molar-refractivity contribution in [1.82, 2.24) is 15.0 Å². The molecule has 0 aliphatic carbocycles. The number of nitrogens with zero attached hydrogens (tertiary/aromatic N) is 4. The zero-order chi connectivity index (χ0) is 13.9. The Bertz CT molecular complexity index is 587. The minimum absolute atomic E-state index is 0.394. The van der Waals surface area contributed by atoms with Crippen LogP contribution >= 0.6 is 0 Å². The van der Waals surface area contributed by atoms with E-state index in [2.05, 4.69) is 33.7 Å². The number of hydrogen-bond acceptors (Lipinski definition) is 5. The van der Waals surface area contributed by atoms with Crippen LogP contribution in [0.2, 0.25) is 0 Å². The average molecular weight is 272 g/mol. The fraction of sp³-hybridized carbons (Fsp3) is 0.533. The minimum atomic E-state index is 0.394. The Balaban J connectivity index is 1.90. The normalized spacial score (nSPS) is 19.8. The molecule has 2 aromatic heterocycles. The van der Waals surface area contributed by atoms with Gasteiger partial charge in [-0.3, -0.25) is 4.98 Å². The first-order chi connectivity index (χ1) is 9.74. The summed E-state index contributed by atoms with van der Waals surface area (Å²) in [5.41, 5.74) is 1.55. The summed E-state index contributed by atoms with van der Waals surface area (Å²) in [5.74, 6) is 1.62. The predicted octanol–water partition coefficient (Wildman–Crippen LogP) is 2.28. The van der Waals surface area contributed by atoms with E-state index in [9.17, 15) is 0 Å². The summed E-state index contributed by atoms with van der Waals surface area (Å²) in [6.07, 6.45) is 4.49. The summed E-state index contributed by atoms with van der Waals surface area (Å²) < 4.78 is 5.62. The van der Waals surface area contributed by atoms with Gasteiger partial charge in [0.15, 0.2) is 5.65 Å². The van der Waals surface area contributed by atoms with Gasteiger partial charge in [-0.25, -0.2) is 9.97 Å². The monoisotopic (exact) mass is 272 g/mol. The first-order valence-electron chi connectivity index (χ1n) is 7.16. The summed E-state index contributed by atoms with van der Waals surface area (Å²) in [4.78, 5) is 15.6. The maximum Gasteiger partial charge on any atom is 0.180 e. The zero-order valence-electron chi connectivity index (χ0n) is 12.0. The number of rotatable bonds is 3. The van der Waals surface area contributed by atoms with Crippen LogP contribution in [0.15, 0.2) is 24.5 Å². The molecule has 3 heterocycles. The highest BCUT2D eigenvalue weighted by Gasteiger charge is 2.25. The van der Waals surface area contributed by atoms with E-state index in [1.807, 2.05) is 12.1 Å². The number of hydrogen-bond donors (Lipinski definition) is 0. The van der Waals surface area contributed by atoms with Gasteiger partial charge in [-0.1, -0.05) is 13.8 Å². The minimum Gasteiger partial charge on any atom is -0.377 e. The third-order valence-electron chi connectivity index (χ3n) is 3.58. The second-order valence-corrected chi connectivity index (χ2v) is 5.62. The highest BCUT2D eigenvalue weighted by Crippen LogP contribution is 2.23. The third kappa shape index (κ3) is 2.72. The van der Waals surface area contributed by atoms with Crippen molar-refractivity contribution in [1.29, 1.82) is 0 Å². The highest BCUT2D eigenvalue weighted by molar-refractivity contribution is 5.71. The van der Waals surface area contributed by atoms with E-state index in [1.54, 1.807) is 12.4 Å². The average Bonchev–Trinajstić information content (AvgIpc) is 2.47. The third-order valence-corrected chi connectivity index (χ3v) is 3.58. The van der Waals surface area contributed by atoms with Crippen molar-refractivity contribution in [3.63, 3.8) is 0 Å². The lowest BCUT2D eigenvalue weighted by Crippen LogP contribution is -2.46. The second kappa shape index (κ2) is 5.71. The van der Waals surface area contributed by atoms with E-state index in [-0.39, 0.29) is 0 Å². The molecular formula is C15H20N4O. The first-order valence-corrected chi connectivity index (χ1v) is 7.16. The maximum atomic E-state index is 5.62. The van der Waals surface area contributed by atoms with Crippen molar-refractivity contribution in [3.05, 3.63) is 24.5 Å². The lowest BCUT2D eigenvalue weighted by molar-refractivity contribution is 0.0874. The number of anilines is 1. The fourth-order valence-electron chi connectivity index (χ4n) is 2.70. The molecular weight excluding hydrogens is 252 g/mol. The van der Waals surface area contributed by atoms with Crippen LogP contribution in [0.25, 0.3) is 11.2 Å². The van der Waals surface area contributed by atoms with Gasteiger partial charge in [0, 0.05) is 18.9 Å². The molecule has 5 nitrogen and oxygen atoms in total. The predicted molar refractivity (Wildman–Crippen MR) is 78.7 cm³/mol. The smallest absolute Gasteiger partial charge is 0.180 e. The zero-order valence-corrected chi connectivity index (χ0v) is 12.0. The van der Waals surface area contributed by atoms with Crippen LogP contribution in [0.5, 0.6) is 0 Å². The Labute approximate surface area is 119 Å². The summed E-state index contributed by atoms with van der Waals surface area (Å²) in [7, 11) is 0. The van der Waals surface area contributed by atoms with Gasteiger partial charge in [0.05, 0.1) is 19.3 Å². The molecule has 0 radical (unpaired) electrons. The van der Waals surface area contributed by atoms with Crippen LogP contribution in [0, 0.1) is 5.92 Å². The number of fused-ring (bicyclic) bond motifs is 1. The molecule has 5 heteroatoms. The van der Waals surface area contributed by atoms with Gasteiger partial charge < -0.3 is 9.64 Å². The van der Waals surface area contributed by atoms with Crippen molar-refractivity contribution in [2.45, 2.75) is 26.3 Å². The standard InChI is InChI=1S/C15H20N4O/c1-11(2)9-12-10-20-8-7-19(12)14-4-3-13-15(18-14)17-6-5-16-13/h3-6,11-12H,7-10H2,1-2H3/t12-/m0/s1. The van der Waals surface area contributed by atoms with Gasteiger partial charge in [-0.15, -0.1) is 0 Å². The number of pyridine rings is 1. The largest absolute Gasteiger partial charge is 0.377 e. The molecule has 0 unspecified atom stereocenters. The van der Waals surface area contributed by atoms with E-state index in [4.69, 9.17) is 4.74 Å². The van der Waals surface area contributed by atoms with Gasteiger partial charge in [0.1, 0.15) is 11.3 Å². The fourth-order valence-corrected chi connectivity index (χ4v) is 2.70. The van der Waals surface area contributed by atoms with Crippen LogP contribution < -0.4 is 4.90 Å². The van der Waals surface area contributed by atoms with Gasteiger partial charge in [-0.05, 0) is 24.5 Å². The summed E-state index contributed by atoms with van der Waals surface area (Å²) in [5, 5.41) is 0. The molecule has 1 atom stereocenters. The van der Waals surface area contributed by atoms with E-state index < -0.39 is 0 Å². The highest BCUT2D eigenvalue weighted by atomic mass is 16.5. The van der Waals surface area contributed by atoms with Gasteiger partial charge >= 0.3 is 0 Å². The molecule has 0 amide bonds. The van der Waals surface area contributed by atoms with Crippen LogP contribution in [0.4, 0.5) is 5.82 Å². The summed E-state index contributed by atoms with van der Waals surface area (Å²) >= 11 is 0. The topological polar surface area (TPSA) is 51.1 Å². The van der Waals surface area contributed by atoms with E-state index in [0.29, 0.717) is 17.6 Å². The molecule has 3 rings (SSSR count). The molecule has 1 fully saturated rings. The molecule has 0 spiro atoms. The molecule has 1 aliphatic heterocycles. The van der Waals surface area contributed by atoms with Crippen LogP contribution in [-0.4, -0.2) is 40.8 Å². The van der Waals surface area contributed by atoms with Crippen molar-refractivity contribution >= 4 is 17.0 Å². The second-order valence-electron chi connectivity index (χ2n) is 5.62. The maximum absolute atomic E-state index is 5.62. The van der Waals surface area contributed by atoms with Crippen LogP contribution in [0.1, 0.15) is 20.3 Å². The quantitative estimate of drug-likeness (QED) is 0.858.